The first-order valence-corrected chi connectivity index (χ1v) is 7.04. The second-order valence-electron chi connectivity index (χ2n) is 5.25. The summed E-state index contributed by atoms with van der Waals surface area (Å²) in [6, 6.07) is 7.66. The smallest absolute Gasteiger partial charge is 0.279 e. The van der Waals surface area contributed by atoms with E-state index in [1.807, 2.05) is 30.3 Å². The average Bonchev–Trinajstić information content (AvgIpc) is 3.01. The summed E-state index contributed by atoms with van der Waals surface area (Å²) in [5, 5.41) is 8.48. The molecule has 2 aliphatic rings. The molecule has 0 spiro atoms. The van der Waals surface area contributed by atoms with Gasteiger partial charge in [0.1, 0.15) is 0 Å². The molecule has 106 valence electrons. The zero-order valence-corrected chi connectivity index (χ0v) is 12.0. The topological polar surface area (TPSA) is 45.0 Å². The molecule has 1 aromatic rings. The number of carbonyl (C=O) groups is 1. The van der Waals surface area contributed by atoms with E-state index in [1.54, 1.807) is 11.0 Å². The number of fused-ring (bicyclic) bond motifs is 1. The summed E-state index contributed by atoms with van der Waals surface area (Å²) in [5.41, 5.74) is 4.37. The maximum atomic E-state index is 12.5. The van der Waals surface area contributed by atoms with Gasteiger partial charge in [-0.25, -0.2) is 0 Å². The van der Waals surface area contributed by atoms with Crippen LogP contribution in [0.25, 0.3) is 0 Å². The molecule has 0 aromatic heterocycles. The van der Waals surface area contributed by atoms with Gasteiger partial charge in [0.15, 0.2) is 5.71 Å². The maximum Gasteiger partial charge on any atom is 0.279 e. The molecule has 0 bridgehead atoms. The van der Waals surface area contributed by atoms with Crippen molar-refractivity contribution in [2.75, 3.05) is 11.4 Å². The third-order valence-corrected chi connectivity index (χ3v) is 3.68. The normalized spacial score (nSPS) is 21.1. The van der Waals surface area contributed by atoms with Crippen molar-refractivity contribution in [2.24, 2.45) is 10.2 Å². The van der Waals surface area contributed by atoms with Crippen molar-refractivity contribution in [3.05, 3.63) is 54.1 Å². The third-order valence-electron chi connectivity index (χ3n) is 3.68. The molecule has 1 aromatic carbocycles. The molecule has 0 saturated heterocycles. The molecule has 1 amide bonds. The third kappa shape index (κ3) is 2.44. The molecule has 21 heavy (non-hydrogen) atoms. The first kappa shape index (κ1) is 13.5. The summed E-state index contributed by atoms with van der Waals surface area (Å²) < 4.78 is 0. The molecular formula is C17H17N3O. The number of anilines is 1. The number of rotatable bonds is 3. The van der Waals surface area contributed by atoms with Crippen molar-refractivity contribution < 1.29 is 4.79 Å². The van der Waals surface area contributed by atoms with Crippen LogP contribution >= 0.6 is 0 Å². The molecule has 4 nitrogen and oxygen atoms in total. The van der Waals surface area contributed by atoms with Crippen LogP contribution in [0.4, 0.5) is 5.69 Å². The monoisotopic (exact) mass is 279 g/mol. The predicted octanol–water partition coefficient (Wildman–Crippen LogP) is 3.10. The van der Waals surface area contributed by atoms with Gasteiger partial charge in [0.2, 0.25) is 0 Å². The Morgan fingerprint density at radius 1 is 1.29 bits per heavy atom. The van der Waals surface area contributed by atoms with E-state index in [0.717, 1.165) is 29.8 Å². The number of nitrogens with zero attached hydrogens (tertiary/aromatic N) is 3. The molecule has 1 aliphatic carbocycles. The molecule has 4 heteroatoms. The second kappa shape index (κ2) is 5.48. The Kier molecular flexibility index (Phi) is 3.52. The molecular weight excluding hydrogens is 262 g/mol. The summed E-state index contributed by atoms with van der Waals surface area (Å²) >= 11 is 0. The minimum atomic E-state index is -0.112. The van der Waals surface area contributed by atoms with Gasteiger partial charge in [-0.05, 0) is 31.9 Å². The molecule has 0 radical (unpaired) electrons. The number of hydrogen-bond donors (Lipinski definition) is 0. The average molecular weight is 279 g/mol. The summed E-state index contributed by atoms with van der Waals surface area (Å²) in [6.45, 7) is 6.26. The molecule has 0 atom stereocenters. The minimum absolute atomic E-state index is 0.112. The van der Waals surface area contributed by atoms with Crippen LogP contribution in [0, 0.1) is 0 Å². The van der Waals surface area contributed by atoms with Crippen LogP contribution in [0.15, 0.2) is 58.8 Å². The zero-order valence-electron chi connectivity index (χ0n) is 12.0. The first-order chi connectivity index (χ1) is 10.2. The molecule has 1 aliphatic heterocycles. The van der Waals surface area contributed by atoms with E-state index >= 15 is 0 Å². The van der Waals surface area contributed by atoms with E-state index in [1.165, 1.54) is 5.57 Å². The fraction of sp³-hybridized carbons (Fsp3) is 0.235. The molecule has 1 heterocycles. The van der Waals surface area contributed by atoms with Crippen LogP contribution in [0.2, 0.25) is 0 Å². The molecule has 0 unspecified atom stereocenters. The quantitative estimate of drug-likeness (QED) is 0.619. The Balaban J connectivity index is 1.99. The van der Waals surface area contributed by atoms with Crippen molar-refractivity contribution in [3.8, 4) is 0 Å². The highest BCUT2D eigenvalue weighted by molar-refractivity contribution is 6.54. The van der Waals surface area contributed by atoms with Gasteiger partial charge in [0, 0.05) is 12.1 Å². The van der Waals surface area contributed by atoms with E-state index in [0.29, 0.717) is 12.3 Å². The Bertz CT molecular complexity index is 698. The van der Waals surface area contributed by atoms with Crippen molar-refractivity contribution in [3.63, 3.8) is 0 Å². The maximum absolute atomic E-state index is 12.5. The number of amides is 1. The van der Waals surface area contributed by atoms with Crippen LogP contribution in [0.1, 0.15) is 25.3 Å². The fourth-order valence-corrected chi connectivity index (χ4v) is 2.62. The van der Waals surface area contributed by atoms with Crippen LogP contribution < -0.4 is 4.90 Å². The molecule has 3 rings (SSSR count). The first-order valence-electron chi connectivity index (χ1n) is 7.04. The Morgan fingerprint density at radius 3 is 2.81 bits per heavy atom. The van der Waals surface area contributed by atoms with Crippen LogP contribution in [-0.2, 0) is 4.79 Å². The SMILES string of the molecule is C=CCN1C(=O)/C(=N\N=C2\C=C(C)CC2)c2ccccc21. The van der Waals surface area contributed by atoms with Gasteiger partial charge in [-0.2, -0.15) is 5.10 Å². The number of benzene rings is 1. The van der Waals surface area contributed by atoms with E-state index in [-0.39, 0.29) is 5.91 Å². The highest BCUT2D eigenvalue weighted by Crippen LogP contribution is 2.29. The van der Waals surface area contributed by atoms with Gasteiger partial charge in [0.05, 0.1) is 11.4 Å². The van der Waals surface area contributed by atoms with Gasteiger partial charge in [-0.15, -0.1) is 11.7 Å². The lowest BCUT2D eigenvalue weighted by molar-refractivity contribution is -0.112. The Morgan fingerprint density at radius 2 is 2.10 bits per heavy atom. The Hall–Kier alpha value is -2.49. The zero-order chi connectivity index (χ0) is 14.8. The number of allylic oxidation sites excluding steroid dienone is 2. The largest absolute Gasteiger partial charge is 0.302 e. The highest BCUT2D eigenvalue weighted by Gasteiger charge is 2.33. The van der Waals surface area contributed by atoms with E-state index in [2.05, 4.69) is 23.7 Å². The van der Waals surface area contributed by atoms with E-state index in [4.69, 9.17) is 0 Å². The lowest BCUT2D eigenvalue weighted by Gasteiger charge is -2.13. The lowest BCUT2D eigenvalue weighted by Crippen LogP contribution is -2.30. The summed E-state index contributed by atoms with van der Waals surface area (Å²) in [7, 11) is 0. The van der Waals surface area contributed by atoms with Crippen molar-refractivity contribution in [1.29, 1.82) is 0 Å². The Labute approximate surface area is 124 Å². The second-order valence-corrected chi connectivity index (χ2v) is 5.25. The lowest BCUT2D eigenvalue weighted by atomic mass is 10.1. The van der Waals surface area contributed by atoms with Gasteiger partial charge in [0.25, 0.3) is 5.91 Å². The van der Waals surface area contributed by atoms with E-state index < -0.39 is 0 Å². The van der Waals surface area contributed by atoms with Gasteiger partial charge in [-0.3, -0.25) is 4.79 Å². The van der Waals surface area contributed by atoms with Crippen molar-refractivity contribution in [2.45, 2.75) is 19.8 Å². The van der Waals surface area contributed by atoms with Crippen molar-refractivity contribution >= 4 is 23.0 Å². The van der Waals surface area contributed by atoms with Crippen molar-refractivity contribution in [1.82, 2.24) is 0 Å². The molecule has 0 fully saturated rings. The summed E-state index contributed by atoms with van der Waals surface area (Å²) in [5.74, 6) is -0.112. The predicted molar refractivity (Wildman–Crippen MR) is 86.0 cm³/mol. The molecule has 0 saturated carbocycles. The molecule has 0 N–H and O–H groups in total. The number of hydrogen-bond acceptors (Lipinski definition) is 3. The number of carbonyl (C=O) groups excluding carboxylic acids is 1. The standard InChI is InChI=1S/C17H17N3O/c1-3-10-20-15-7-5-4-6-14(15)16(17(20)21)19-18-13-9-8-12(2)11-13/h3-7,11H,1,8-10H2,2H3/b18-13+,19-16-. The highest BCUT2D eigenvalue weighted by atomic mass is 16.2. The van der Waals surface area contributed by atoms with E-state index in [9.17, 15) is 4.79 Å². The van der Waals surface area contributed by atoms with Crippen LogP contribution in [0.3, 0.4) is 0 Å². The minimum Gasteiger partial charge on any atom is -0.302 e. The number of para-hydroxylation sites is 1. The fourth-order valence-electron chi connectivity index (χ4n) is 2.62. The van der Waals surface area contributed by atoms with Gasteiger partial charge >= 0.3 is 0 Å². The van der Waals surface area contributed by atoms with Crippen LogP contribution in [0.5, 0.6) is 0 Å². The summed E-state index contributed by atoms with van der Waals surface area (Å²) in [4.78, 5) is 14.2. The van der Waals surface area contributed by atoms with Crippen LogP contribution in [-0.4, -0.2) is 23.9 Å². The van der Waals surface area contributed by atoms with Gasteiger partial charge < -0.3 is 4.90 Å². The van der Waals surface area contributed by atoms with Gasteiger partial charge in [-0.1, -0.05) is 29.8 Å². The summed E-state index contributed by atoms with van der Waals surface area (Å²) in [6.07, 6.45) is 5.68.